The van der Waals surface area contributed by atoms with E-state index >= 15 is 0 Å². The second-order valence-corrected chi connectivity index (χ2v) is 8.14. The van der Waals surface area contributed by atoms with Crippen molar-refractivity contribution in [1.82, 2.24) is 0 Å². The number of benzene rings is 1. The number of ether oxygens (including phenoxy) is 1. The van der Waals surface area contributed by atoms with Crippen molar-refractivity contribution in [3.63, 3.8) is 0 Å². The average Bonchev–Trinajstić information content (AvgIpc) is 2.94. The number of hydrogen-bond acceptors (Lipinski definition) is 4. The molecule has 1 unspecified atom stereocenters. The average molecular weight is 422 g/mol. The molecule has 1 atom stereocenters. The van der Waals surface area contributed by atoms with Gasteiger partial charge in [-0.1, -0.05) is 28.9 Å². The number of rotatable bonds is 4. The predicted molar refractivity (Wildman–Crippen MR) is 104 cm³/mol. The molecule has 1 aromatic heterocycles. The maximum Gasteiger partial charge on any atom is 0.341 e. The van der Waals surface area contributed by atoms with Crippen LogP contribution in [-0.2, 0) is 11.2 Å². The van der Waals surface area contributed by atoms with E-state index in [1.54, 1.807) is 19.1 Å². The van der Waals surface area contributed by atoms with Crippen LogP contribution in [-0.4, -0.2) is 18.5 Å². The van der Waals surface area contributed by atoms with Gasteiger partial charge in [0.2, 0.25) is 0 Å². The van der Waals surface area contributed by atoms with Gasteiger partial charge < -0.3 is 10.1 Å². The zero-order valence-corrected chi connectivity index (χ0v) is 16.6. The van der Waals surface area contributed by atoms with Crippen molar-refractivity contribution >= 4 is 44.1 Å². The monoisotopic (exact) mass is 421 g/mol. The molecule has 0 radical (unpaired) electrons. The highest BCUT2D eigenvalue weighted by atomic mass is 79.9. The molecule has 0 fully saturated rings. The number of aryl methyl sites for hydroxylation is 1. The van der Waals surface area contributed by atoms with E-state index in [1.165, 1.54) is 16.2 Å². The molecule has 25 heavy (non-hydrogen) atoms. The standard InChI is InChI=1S/C19H20BrNO3S/c1-3-24-19(23)16-15-11(2)6-4-9-14(15)25-18(16)21-17(22)12-7-5-8-13(20)10-12/h5,7-8,10-11H,3-4,6,9H2,1-2H3,(H,21,22). The van der Waals surface area contributed by atoms with Crippen LogP contribution in [0.15, 0.2) is 28.7 Å². The number of anilines is 1. The lowest BCUT2D eigenvalue weighted by atomic mass is 9.86. The fourth-order valence-electron chi connectivity index (χ4n) is 3.21. The van der Waals surface area contributed by atoms with Gasteiger partial charge in [-0.15, -0.1) is 11.3 Å². The molecule has 2 aromatic rings. The van der Waals surface area contributed by atoms with Gasteiger partial charge in [-0.05, 0) is 55.9 Å². The van der Waals surface area contributed by atoms with Gasteiger partial charge >= 0.3 is 5.97 Å². The highest BCUT2D eigenvalue weighted by Crippen LogP contribution is 2.43. The molecule has 1 N–H and O–H groups in total. The number of nitrogens with one attached hydrogen (secondary N) is 1. The Balaban J connectivity index is 1.98. The molecule has 3 rings (SSSR count). The van der Waals surface area contributed by atoms with Crippen molar-refractivity contribution < 1.29 is 14.3 Å². The maximum atomic E-state index is 12.6. The Morgan fingerprint density at radius 3 is 2.92 bits per heavy atom. The van der Waals surface area contributed by atoms with E-state index in [2.05, 4.69) is 28.2 Å². The second-order valence-electron chi connectivity index (χ2n) is 6.12. The van der Waals surface area contributed by atoms with Crippen LogP contribution in [0, 0.1) is 0 Å². The zero-order valence-electron chi connectivity index (χ0n) is 14.2. The third kappa shape index (κ3) is 3.80. The summed E-state index contributed by atoms with van der Waals surface area (Å²) in [5, 5.41) is 3.53. The second kappa shape index (κ2) is 7.70. The van der Waals surface area contributed by atoms with E-state index in [0.717, 1.165) is 29.3 Å². The summed E-state index contributed by atoms with van der Waals surface area (Å²) in [6.45, 7) is 4.24. The summed E-state index contributed by atoms with van der Waals surface area (Å²) in [5.74, 6) is -0.271. The predicted octanol–water partition coefficient (Wildman–Crippen LogP) is 5.38. The fraction of sp³-hybridized carbons (Fsp3) is 0.368. The number of hydrogen-bond donors (Lipinski definition) is 1. The summed E-state index contributed by atoms with van der Waals surface area (Å²) < 4.78 is 6.09. The molecule has 0 bridgehead atoms. The minimum absolute atomic E-state index is 0.224. The zero-order chi connectivity index (χ0) is 18.0. The Hall–Kier alpha value is -1.66. The SMILES string of the molecule is CCOC(=O)c1c(NC(=O)c2cccc(Br)c2)sc2c1C(C)CCC2. The molecule has 0 spiro atoms. The van der Waals surface area contributed by atoms with Crippen molar-refractivity contribution in [2.45, 2.75) is 39.0 Å². The molecule has 1 heterocycles. The molecule has 1 aliphatic carbocycles. The van der Waals surface area contributed by atoms with E-state index in [-0.39, 0.29) is 11.9 Å². The number of amides is 1. The molecule has 4 nitrogen and oxygen atoms in total. The number of halogens is 1. The Morgan fingerprint density at radius 1 is 1.40 bits per heavy atom. The molecule has 1 aromatic carbocycles. The molecule has 0 saturated carbocycles. The third-order valence-electron chi connectivity index (χ3n) is 4.35. The first kappa shape index (κ1) is 18.1. The molecule has 132 valence electrons. The number of carbonyl (C=O) groups excluding carboxylic acids is 2. The lowest BCUT2D eigenvalue weighted by Gasteiger charge is -2.19. The Morgan fingerprint density at radius 2 is 2.20 bits per heavy atom. The van der Waals surface area contributed by atoms with Crippen molar-refractivity contribution in [3.8, 4) is 0 Å². The summed E-state index contributed by atoms with van der Waals surface area (Å²) in [6.07, 6.45) is 3.11. The molecule has 0 aliphatic heterocycles. The van der Waals surface area contributed by atoms with E-state index in [9.17, 15) is 9.59 Å². The van der Waals surface area contributed by atoms with Gasteiger partial charge in [-0.2, -0.15) is 0 Å². The van der Waals surface area contributed by atoms with Gasteiger partial charge in [0.05, 0.1) is 12.2 Å². The highest BCUT2D eigenvalue weighted by molar-refractivity contribution is 9.10. The van der Waals surface area contributed by atoms with E-state index < -0.39 is 0 Å². The lowest BCUT2D eigenvalue weighted by Crippen LogP contribution is -2.16. The Kier molecular flexibility index (Phi) is 5.59. The summed E-state index contributed by atoms with van der Waals surface area (Å²) in [4.78, 5) is 26.3. The van der Waals surface area contributed by atoms with Crippen LogP contribution in [0.2, 0.25) is 0 Å². The van der Waals surface area contributed by atoms with E-state index in [0.29, 0.717) is 28.7 Å². The highest BCUT2D eigenvalue weighted by Gasteiger charge is 2.30. The molecular formula is C19H20BrNO3S. The van der Waals surface area contributed by atoms with Crippen LogP contribution >= 0.6 is 27.3 Å². The Bertz CT molecular complexity index is 815. The van der Waals surface area contributed by atoms with Crippen LogP contribution in [0.3, 0.4) is 0 Å². The molecule has 0 saturated heterocycles. The van der Waals surface area contributed by atoms with Crippen LogP contribution < -0.4 is 5.32 Å². The summed E-state index contributed by atoms with van der Waals surface area (Å²) in [5.41, 5.74) is 2.14. The van der Waals surface area contributed by atoms with Crippen molar-refractivity contribution in [3.05, 3.63) is 50.3 Å². The first-order valence-electron chi connectivity index (χ1n) is 8.40. The summed E-state index contributed by atoms with van der Waals surface area (Å²) in [7, 11) is 0. The third-order valence-corrected chi connectivity index (χ3v) is 6.02. The van der Waals surface area contributed by atoms with E-state index in [4.69, 9.17) is 4.74 Å². The van der Waals surface area contributed by atoms with Gasteiger partial charge in [0.25, 0.3) is 5.91 Å². The molecule has 6 heteroatoms. The maximum absolute atomic E-state index is 12.6. The van der Waals surface area contributed by atoms with Gasteiger partial charge in [0.1, 0.15) is 5.00 Å². The first-order valence-corrected chi connectivity index (χ1v) is 10.0. The number of esters is 1. The lowest BCUT2D eigenvalue weighted by molar-refractivity contribution is 0.0526. The number of fused-ring (bicyclic) bond motifs is 1. The quantitative estimate of drug-likeness (QED) is 0.674. The molecular weight excluding hydrogens is 402 g/mol. The van der Waals surface area contributed by atoms with Crippen LogP contribution in [0.25, 0.3) is 0 Å². The van der Waals surface area contributed by atoms with Crippen molar-refractivity contribution in [1.29, 1.82) is 0 Å². The smallest absolute Gasteiger partial charge is 0.341 e. The largest absolute Gasteiger partial charge is 0.462 e. The summed E-state index contributed by atoms with van der Waals surface area (Å²) in [6, 6.07) is 7.19. The number of carbonyl (C=O) groups is 2. The Labute approximate surface area is 159 Å². The van der Waals surface area contributed by atoms with Crippen molar-refractivity contribution in [2.24, 2.45) is 0 Å². The minimum Gasteiger partial charge on any atom is -0.462 e. The fourth-order valence-corrected chi connectivity index (χ4v) is 4.95. The van der Waals surface area contributed by atoms with Crippen LogP contribution in [0.1, 0.15) is 63.8 Å². The van der Waals surface area contributed by atoms with Gasteiger partial charge in [0, 0.05) is 14.9 Å². The molecule has 1 aliphatic rings. The summed E-state index contributed by atoms with van der Waals surface area (Å²) >= 11 is 4.88. The topological polar surface area (TPSA) is 55.4 Å². The van der Waals surface area contributed by atoms with Crippen LogP contribution in [0.5, 0.6) is 0 Å². The number of thiophene rings is 1. The molecule has 1 amide bonds. The normalized spacial score (nSPS) is 16.2. The van der Waals surface area contributed by atoms with E-state index in [1.807, 2.05) is 12.1 Å². The van der Waals surface area contributed by atoms with Gasteiger partial charge in [0.15, 0.2) is 0 Å². The van der Waals surface area contributed by atoms with Gasteiger partial charge in [-0.3, -0.25) is 4.79 Å². The van der Waals surface area contributed by atoms with Gasteiger partial charge in [-0.25, -0.2) is 4.79 Å². The van der Waals surface area contributed by atoms with Crippen LogP contribution in [0.4, 0.5) is 5.00 Å². The first-order chi connectivity index (χ1) is 12.0. The minimum atomic E-state index is -0.349. The van der Waals surface area contributed by atoms with Crippen molar-refractivity contribution in [2.75, 3.05) is 11.9 Å².